The number of thiophene rings is 1. The second kappa shape index (κ2) is 11.6. The molecule has 3 N–H and O–H groups in total. The number of aromatic amines is 1. The highest BCUT2D eigenvalue weighted by Gasteiger charge is 2.34. The minimum atomic E-state index is -4.14. The summed E-state index contributed by atoms with van der Waals surface area (Å²) in [4.78, 5) is 17.1. The van der Waals surface area contributed by atoms with Gasteiger partial charge < -0.3 is 19.2 Å². The summed E-state index contributed by atoms with van der Waals surface area (Å²) in [6, 6.07) is 20.6. The molecule has 0 saturated carbocycles. The van der Waals surface area contributed by atoms with E-state index in [0.29, 0.717) is 34.5 Å². The number of para-hydroxylation sites is 1. The summed E-state index contributed by atoms with van der Waals surface area (Å²) in [5.41, 5.74) is 0.707. The molecule has 11 heteroatoms. The minimum absolute atomic E-state index is 0.00927. The summed E-state index contributed by atoms with van der Waals surface area (Å²) in [6.07, 6.45) is 0.249. The van der Waals surface area contributed by atoms with Crippen LogP contribution >= 0.6 is 11.3 Å². The number of hydrogen-bond donors (Lipinski definition) is 3. The molecule has 0 aliphatic heterocycles. The number of pyridine rings is 1. The van der Waals surface area contributed by atoms with Gasteiger partial charge in [-0.2, -0.15) is 4.72 Å². The van der Waals surface area contributed by atoms with Gasteiger partial charge in [-0.1, -0.05) is 24.3 Å². The van der Waals surface area contributed by atoms with Crippen LogP contribution in [0.4, 0.5) is 0 Å². The zero-order chi connectivity index (χ0) is 27.4. The van der Waals surface area contributed by atoms with Gasteiger partial charge in [0.05, 0.1) is 30.9 Å². The summed E-state index contributed by atoms with van der Waals surface area (Å²) < 4.78 is 41.2. The van der Waals surface area contributed by atoms with E-state index in [1.807, 2.05) is 17.5 Å². The van der Waals surface area contributed by atoms with Gasteiger partial charge in [0, 0.05) is 28.6 Å². The van der Waals surface area contributed by atoms with Crippen LogP contribution in [-0.2, 0) is 23.1 Å². The Morgan fingerprint density at radius 1 is 1.05 bits per heavy atom. The highest BCUT2D eigenvalue weighted by atomic mass is 32.2. The van der Waals surface area contributed by atoms with Gasteiger partial charge in [0.25, 0.3) is 0 Å². The molecule has 2 atom stereocenters. The zero-order valence-electron chi connectivity index (χ0n) is 21.0. The lowest BCUT2D eigenvalue weighted by atomic mass is 10.0. The largest absolute Gasteiger partial charge is 0.496 e. The predicted octanol–water partition coefficient (Wildman–Crippen LogP) is 4.23. The molecule has 0 aliphatic carbocycles. The summed E-state index contributed by atoms with van der Waals surface area (Å²) in [5.74, 6) is 1.05. The molecule has 3 heterocycles. The second-order valence-corrected chi connectivity index (χ2v) is 11.6. The predicted molar refractivity (Wildman–Crippen MR) is 149 cm³/mol. The maximum absolute atomic E-state index is 13.7. The third-order valence-electron chi connectivity index (χ3n) is 6.31. The fourth-order valence-corrected chi connectivity index (χ4v) is 6.38. The average molecular weight is 566 g/mol. The third-order valence-corrected chi connectivity index (χ3v) is 8.61. The van der Waals surface area contributed by atoms with Crippen molar-refractivity contribution in [3.63, 3.8) is 0 Å². The number of sulfonamides is 1. The van der Waals surface area contributed by atoms with Crippen molar-refractivity contribution < 1.29 is 22.7 Å². The Labute approximate surface area is 229 Å². The fourth-order valence-electron chi connectivity index (χ4n) is 4.40. The number of aliphatic hydroxyl groups excluding tert-OH is 1. The first-order chi connectivity index (χ1) is 18.8. The molecule has 5 aromatic rings. The molecule has 0 radical (unpaired) electrons. The van der Waals surface area contributed by atoms with Gasteiger partial charge in [-0.05, 0) is 59.3 Å². The molecule has 2 aromatic carbocycles. The van der Waals surface area contributed by atoms with Gasteiger partial charge in [-0.15, -0.1) is 11.3 Å². The number of ether oxygens (including phenoxy) is 1. The Kier molecular flexibility index (Phi) is 7.96. The molecular formula is C28H27N3O6S2. The number of nitrogens with zero attached hydrogens (tertiary/aromatic N) is 1. The standard InChI is InChI=1S/C28H27N3O6S2/c1-36-25-9-3-2-8-23(25)27(28(33)31(17-20-6-4-14-37-20)18-21-7-5-15-38-21)30-39(34,35)22-11-12-24-19(16-22)10-13-26(32)29-24/h2-16,27-28,30,33H,17-18H2,1H3,(H,29,32)/t27-,28?/m1/s1. The highest BCUT2D eigenvalue weighted by molar-refractivity contribution is 7.89. The number of benzene rings is 2. The van der Waals surface area contributed by atoms with Crippen molar-refractivity contribution in [3.05, 3.63) is 117 Å². The maximum Gasteiger partial charge on any atom is 0.248 e. The molecular weight excluding hydrogens is 538 g/mol. The molecule has 39 heavy (non-hydrogen) atoms. The monoisotopic (exact) mass is 565 g/mol. The van der Waals surface area contributed by atoms with Crippen LogP contribution in [0.2, 0.25) is 0 Å². The fraction of sp³-hybridized carbons (Fsp3) is 0.179. The summed E-state index contributed by atoms with van der Waals surface area (Å²) in [6.45, 7) is 0.596. The Balaban J connectivity index is 1.54. The lowest BCUT2D eigenvalue weighted by molar-refractivity contribution is -0.0342. The molecule has 1 unspecified atom stereocenters. The van der Waals surface area contributed by atoms with E-state index in [1.165, 1.54) is 36.6 Å². The van der Waals surface area contributed by atoms with E-state index in [2.05, 4.69) is 9.71 Å². The van der Waals surface area contributed by atoms with Gasteiger partial charge in [0.15, 0.2) is 0 Å². The van der Waals surface area contributed by atoms with Crippen molar-refractivity contribution >= 4 is 32.3 Å². The number of methoxy groups -OCH3 is 1. The molecule has 0 bridgehead atoms. The second-order valence-electron chi connectivity index (χ2n) is 8.89. The number of H-pyrrole nitrogens is 1. The van der Waals surface area contributed by atoms with Gasteiger partial charge in [-0.3, -0.25) is 9.69 Å². The van der Waals surface area contributed by atoms with Crippen LogP contribution in [0.5, 0.6) is 5.75 Å². The number of aliphatic hydroxyl groups is 1. The average Bonchev–Trinajstić information content (AvgIpc) is 3.65. The topological polar surface area (TPSA) is 125 Å². The van der Waals surface area contributed by atoms with Crippen LogP contribution in [0.25, 0.3) is 10.9 Å². The highest BCUT2D eigenvalue weighted by Crippen LogP contribution is 2.32. The quantitative estimate of drug-likeness (QED) is 0.205. The van der Waals surface area contributed by atoms with Gasteiger partial charge in [-0.25, -0.2) is 8.42 Å². The van der Waals surface area contributed by atoms with Crippen molar-refractivity contribution in [3.8, 4) is 5.75 Å². The Morgan fingerprint density at radius 2 is 1.90 bits per heavy atom. The van der Waals surface area contributed by atoms with E-state index < -0.39 is 22.3 Å². The maximum atomic E-state index is 13.7. The van der Waals surface area contributed by atoms with Crippen LogP contribution < -0.4 is 15.0 Å². The molecule has 0 fully saturated rings. The van der Waals surface area contributed by atoms with Crippen molar-refractivity contribution in [1.29, 1.82) is 0 Å². The normalized spacial score (nSPS) is 13.5. The SMILES string of the molecule is COc1ccccc1[C@@H](NS(=O)(=O)c1ccc2[nH]c(=O)ccc2c1)C(O)N(Cc1ccco1)Cc1cccs1. The van der Waals surface area contributed by atoms with Crippen LogP contribution in [-0.4, -0.2) is 36.7 Å². The minimum Gasteiger partial charge on any atom is -0.496 e. The summed E-state index contributed by atoms with van der Waals surface area (Å²) in [7, 11) is -2.65. The first kappa shape index (κ1) is 26.9. The van der Waals surface area contributed by atoms with Crippen molar-refractivity contribution in [2.75, 3.05) is 7.11 Å². The zero-order valence-corrected chi connectivity index (χ0v) is 22.6. The number of fused-ring (bicyclic) bond motifs is 1. The lowest BCUT2D eigenvalue weighted by Gasteiger charge is -2.34. The Morgan fingerprint density at radius 3 is 2.64 bits per heavy atom. The molecule has 0 aliphatic rings. The molecule has 5 rings (SSSR count). The van der Waals surface area contributed by atoms with E-state index in [9.17, 15) is 18.3 Å². The van der Waals surface area contributed by atoms with Gasteiger partial charge in [0.2, 0.25) is 15.6 Å². The Hall–Kier alpha value is -3.74. The van der Waals surface area contributed by atoms with Crippen molar-refractivity contribution in [2.45, 2.75) is 30.3 Å². The van der Waals surface area contributed by atoms with Crippen molar-refractivity contribution in [1.82, 2.24) is 14.6 Å². The number of rotatable bonds is 11. The third kappa shape index (κ3) is 6.13. The van der Waals surface area contributed by atoms with E-state index in [1.54, 1.807) is 59.7 Å². The lowest BCUT2D eigenvalue weighted by Crippen LogP contribution is -2.45. The van der Waals surface area contributed by atoms with Crippen molar-refractivity contribution in [2.24, 2.45) is 0 Å². The first-order valence-corrected chi connectivity index (χ1v) is 14.5. The molecule has 9 nitrogen and oxygen atoms in total. The van der Waals surface area contributed by atoms with E-state index in [-0.39, 0.29) is 17.0 Å². The van der Waals surface area contributed by atoms with E-state index >= 15 is 0 Å². The molecule has 0 spiro atoms. The van der Waals surface area contributed by atoms with Gasteiger partial charge >= 0.3 is 0 Å². The number of furan rings is 1. The van der Waals surface area contributed by atoms with Crippen LogP contribution in [0, 0.1) is 0 Å². The van der Waals surface area contributed by atoms with Crippen LogP contribution in [0.1, 0.15) is 22.2 Å². The number of nitrogens with one attached hydrogen (secondary N) is 2. The molecule has 3 aromatic heterocycles. The summed E-state index contributed by atoms with van der Waals surface area (Å²) >= 11 is 1.54. The molecule has 0 amide bonds. The van der Waals surface area contributed by atoms with Gasteiger partial charge in [0.1, 0.15) is 17.7 Å². The van der Waals surface area contributed by atoms with Crippen LogP contribution in [0.3, 0.4) is 0 Å². The first-order valence-electron chi connectivity index (χ1n) is 12.1. The van der Waals surface area contributed by atoms with E-state index in [0.717, 1.165) is 4.88 Å². The smallest absolute Gasteiger partial charge is 0.248 e. The van der Waals surface area contributed by atoms with E-state index in [4.69, 9.17) is 9.15 Å². The molecule has 202 valence electrons. The number of hydrogen-bond acceptors (Lipinski definition) is 8. The van der Waals surface area contributed by atoms with Crippen LogP contribution in [0.15, 0.2) is 105 Å². The molecule has 0 saturated heterocycles. The summed E-state index contributed by atoms with van der Waals surface area (Å²) in [5, 5.41) is 14.3. The Bertz CT molecular complexity index is 1660. The number of aromatic nitrogens is 1.